The van der Waals surface area contributed by atoms with Crippen molar-refractivity contribution in [2.45, 2.75) is 24.1 Å². The van der Waals surface area contributed by atoms with Crippen LogP contribution >= 0.6 is 0 Å². The van der Waals surface area contributed by atoms with E-state index < -0.39 is 47.1 Å². The Labute approximate surface area is 229 Å². The van der Waals surface area contributed by atoms with Gasteiger partial charge < -0.3 is 25.6 Å². The lowest BCUT2D eigenvalue weighted by atomic mass is 9.81. The topological polar surface area (TPSA) is 141 Å². The quantitative estimate of drug-likeness (QED) is 0.289. The van der Waals surface area contributed by atoms with Crippen molar-refractivity contribution in [2.24, 2.45) is 5.73 Å². The van der Waals surface area contributed by atoms with E-state index >= 15 is 0 Å². The lowest BCUT2D eigenvalue weighted by molar-refractivity contribution is -0.265. The minimum Gasteiger partial charge on any atom is -0.493 e. The van der Waals surface area contributed by atoms with E-state index in [9.17, 15) is 32.3 Å². The third-order valence-electron chi connectivity index (χ3n) is 7.10. The zero-order chi connectivity index (χ0) is 29.7. The Morgan fingerprint density at radius 1 is 1.22 bits per heavy atom. The van der Waals surface area contributed by atoms with Crippen LogP contribution < -0.4 is 20.5 Å². The van der Waals surface area contributed by atoms with E-state index in [1.165, 1.54) is 55.1 Å². The lowest BCUT2D eigenvalue weighted by Crippen LogP contribution is -2.52. The summed E-state index contributed by atoms with van der Waals surface area (Å²) in [6.45, 7) is -0.259. The maximum Gasteiger partial charge on any atom is 0.424 e. The summed E-state index contributed by atoms with van der Waals surface area (Å²) in [6, 6.07) is 8.31. The van der Waals surface area contributed by atoms with Crippen molar-refractivity contribution >= 4 is 17.5 Å². The van der Waals surface area contributed by atoms with Gasteiger partial charge in [0, 0.05) is 23.5 Å². The van der Waals surface area contributed by atoms with Crippen LogP contribution in [-0.4, -0.2) is 57.7 Å². The second kappa shape index (κ2) is 9.73. The number of imidazole rings is 1. The largest absolute Gasteiger partial charge is 0.493 e. The van der Waals surface area contributed by atoms with Gasteiger partial charge in [-0.1, -0.05) is 0 Å². The van der Waals surface area contributed by atoms with Crippen LogP contribution in [0.1, 0.15) is 28.7 Å². The number of alkyl halides is 3. The Kier molecular flexibility index (Phi) is 6.60. The molecule has 2 atom stereocenters. The number of amides is 2. The van der Waals surface area contributed by atoms with Crippen LogP contribution in [-0.2, 0) is 15.8 Å². The third kappa shape index (κ3) is 4.49. The van der Waals surface area contributed by atoms with Gasteiger partial charge in [-0.3, -0.25) is 14.0 Å². The second-order valence-electron chi connectivity index (χ2n) is 9.67. The molecule has 1 aliphatic rings. The maximum absolute atomic E-state index is 14.6. The molecule has 0 saturated heterocycles. The SMILES string of the molecule is COc1ccc(C(=O)NCC(O)(c2cc3c(c(-c4ccc(F)cc4)n2)OC[C@]3(C)C(N)=O)C(F)(F)F)n2ccnc12. The molecule has 0 bridgehead atoms. The number of carbonyl (C=O) groups excluding carboxylic acids is 2. The predicted octanol–water partition coefficient (Wildman–Crippen LogP) is 2.86. The van der Waals surface area contributed by atoms with Crippen molar-refractivity contribution in [3.63, 3.8) is 0 Å². The highest BCUT2D eigenvalue weighted by Crippen LogP contribution is 2.47. The highest BCUT2D eigenvalue weighted by molar-refractivity contribution is 5.94. The number of halogens is 4. The smallest absolute Gasteiger partial charge is 0.424 e. The van der Waals surface area contributed by atoms with Gasteiger partial charge in [0.05, 0.1) is 19.3 Å². The van der Waals surface area contributed by atoms with Crippen LogP contribution in [0.25, 0.3) is 16.9 Å². The molecule has 41 heavy (non-hydrogen) atoms. The number of ether oxygens (including phenoxy) is 2. The highest BCUT2D eigenvalue weighted by Gasteiger charge is 2.57. The van der Waals surface area contributed by atoms with Gasteiger partial charge in [-0.15, -0.1) is 0 Å². The molecule has 4 aromatic rings. The van der Waals surface area contributed by atoms with Crippen LogP contribution in [0.15, 0.2) is 54.9 Å². The fourth-order valence-corrected chi connectivity index (χ4v) is 4.57. The van der Waals surface area contributed by atoms with Crippen molar-refractivity contribution in [3.05, 3.63) is 77.6 Å². The van der Waals surface area contributed by atoms with Crippen LogP contribution in [0.2, 0.25) is 0 Å². The molecule has 4 heterocycles. The van der Waals surface area contributed by atoms with Gasteiger partial charge in [0.25, 0.3) is 5.91 Å². The number of rotatable bonds is 7. The van der Waals surface area contributed by atoms with Gasteiger partial charge in [-0.25, -0.2) is 14.4 Å². The summed E-state index contributed by atoms with van der Waals surface area (Å²) in [6.07, 6.45) is -2.55. The number of nitrogens with one attached hydrogen (secondary N) is 1. The van der Waals surface area contributed by atoms with Gasteiger partial charge in [0.1, 0.15) is 35.0 Å². The van der Waals surface area contributed by atoms with Gasteiger partial charge in [0.2, 0.25) is 11.5 Å². The molecule has 0 fully saturated rings. The molecule has 2 amide bonds. The van der Waals surface area contributed by atoms with Crippen molar-refractivity contribution in [2.75, 3.05) is 20.3 Å². The number of aliphatic hydroxyl groups is 1. The normalized spacial score (nSPS) is 17.9. The number of hydrogen-bond donors (Lipinski definition) is 3. The zero-order valence-electron chi connectivity index (χ0n) is 21.6. The number of primary amides is 1. The molecule has 5 rings (SSSR count). The minimum absolute atomic E-state index is 0.0315. The lowest BCUT2D eigenvalue weighted by Gasteiger charge is -2.31. The molecule has 0 saturated carbocycles. The molecule has 0 aliphatic carbocycles. The first-order valence-electron chi connectivity index (χ1n) is 12.1. The summed E-state index contributed by atoms with van der Waals surface area (Å²) in [7, 11) is 1.39. The van der Waals surface area contributed by atoms with E-state index in [1.54, 1.807) is 0 Å². The monoisotopic (exact) mass is 573 g/mol. The summed E-state index contributed by atoms with van der Waals surface area (Å²) < 4.78 is 69.5. The third-order valence-corrected chi connectivity index (χ3v) is 7.10. The molecule has 14 heteroatoms. The summed E-state index contributed by atoms with van der Waals surface area (Å²) in [5.41, 5.74) is -0.527. The van der Waals surface area contributed by atoms with Crippen molar-refractivity contribution in [1.29, 1.82) is 0 Å². The van der Waals surface area contributed by atoms with E-state index in [1.807, 2.05) is 0 Å². The number of methoxy groups -OCH3 is 1. The molecule has 4 N–H and O–H groups in total. The van der Waals surface area contributed by atoms with Crippen molar-refractivity contribution < 1.29 is 41.7 Å². The second-order valence-corrected chi connectivity index (χ2v) is 9.67. The van der Waals surface area contributed by atoms with Gasteiger partial charge in [-0.05, 0) is 49.4 Å². The highest BCUT2D eigenvalue weighted by atomic mass is 19.4. The van der Waals surface area contributed by atoms with E-state index in [2.05, 4.69) is 15.3 Å². The van der Waals surface area contributed by atoms with E-state index in [4.69, 9.17) is 15.2 Å². The van der Waals surface area contributed by atoms with Crippen LogP contribution in [0.4, 0.5) is 17.6 Å². The Morgan fingerprint density at radius 2 is 1.93 bits per heavy atom. The molecule has 3 aromatic heterocycles. The first-order chi connectivity index (χ1) is 19.3. The molecule has 0 radical (unpaired) electrons. The summed E-state index contributed by atoms with van der Waals surface area (Å²) in [4.78, 5) is 33.5. The standard InChI is InChI=1S/C27H23F4N5O5/c1-25(24(32)38)13-41-21-16(25)11-19(35-20(21)14-3-5-15(28)6-4-14)26(39,27(29,30)31)12-34-23(37)17-7-8-18(40-2)22-33-9-10-36(17)22/h3-11,39H,12-13H2,1-2H3,(H2,32,38)(H,34,37)/t25-,26?/m0/s1. The molecule has 10 nitrogen and oxygen atoms in total. The molecule has 0 spiro atoms. The van der Waals surface area contributed by atoms with Gasteiger partial charge in [0.15, 0.2) is 11.4 Å². The number of aromatic nitrogens is 3. The average molecular weight is 574 g/mol. The van der Waals surface area contributed by atoms with Crippen LogP contribution in [0.3, 0.4) is 0 Å². The molecule has 1 unspecified atom stereocenters. The average Bonchev–Trinajstić information content (AvgIpc) is 3.56. The first-order valence-corrected chi connectivity index (χ1v) is 12.1. The van der Waals surface area contributed by atoms with E-state index in [-0.39, 0.29) is 40.5 Å². The Morgan fingerprint density at radius 3 is 2.56 bits per heavy atom. The molecular weight excluding hydrogens is 550 g/mol. The molecular formula is C27H23F4N5O5. The predicted molar refractivity (Wildman–Crippen MR) is 136 cm³/mol. The van der Waals surface area contributed by atoms with E-state index in [0.717, 1.165) is 18.2 Å². The molecule has 1 aliphatic heterocycles. The van der Waals surface area contributed by atoms with Gasteiger partial charge in [-0.2, -0.15) is 13.2 Å². The van der Waals surface area contributed by atoms with Gasteiger partial charge >= 0.3 is 6.18 Å². The summed E-state index contributed by atoms with van der Waals surface area (Å²) in [5, 5.41) is 13.3. The van der Waals surface area contributed by atoms with Crippen LogP contribution in [0.5, 0.6) is 11.5 Å². The van der Waals surface area contributed by atoms with Crippen LogP contribution in [0, 0.1) is 5.82 Å². The number of fused-ring (bicyclic) bond motifs is 2. The number of hydrogen-bond acceptors (Lipinski definition) is 7. The Hall–Kier alpha value is -4.72. The fourth-order valence-electron chi connectivity index (χ4n) is 4.57. The maximum atomic E-state index is 14.6. The fraction of sp³-hybridized carbons (Fsp3) is 0.259. The molecule has 1 aromatic carbocycles. The number of pyridine rings is 2. The summed E-state index contributed by atoms with van der Waals surface area (Å²) in [5.74, 6) is -2.15. The Bertz CT molecular complexity index is 1670. The van der Waals surface area contributed by atoms with E-state index in [0.29, 0.717) is 5.75 Å². The zero-order valence-corrected chi connectivity index (χ0v) is 21.6. The van der Waals surface area contributed by atoms with Crippen molar-refractivity contribution in [1.82, 2.24) is 19.7 Å². The number of benzene rings is 1. The van der Waals surface area contributed by atoms with Crippen molar-refractivity contribution in [3.8, 4) is 22.8 Å². The Balaban J connectivity index is 1.60. The number of nitrogens with two attached hydrogens (primary N) is 1. The first kappa shape index (κ1) is 27.8. The minimum atomic E-state index is -5.35. The number of carbonyl (C=O) groups is 2. The molecule has 214 valence electrons. The number of nitrogens with zero attached hydrogens (tertiary/aromatic N) is 3. The summed E-state index contributed by atoms with van der Waals surface area (Å²) >= 11 is 0.